The van der Waals surface area contributed by atoms with Crippen molar-refractivity contribution in [2.24, 2.45) is 0 Å². The topological polar surface area (TPSA) is 119 Å². The van der Waals surface area contributed by atoms with Crippen molar-refractivity contribution >= 4 is 23.3 Å². The Bertz CT molecular complexity index is 514. The minimum absolute atomic E-state index is 0.0493. The van der Waals surface area contributed by atoms with E-state index in [1.165, 1.54) is 19.2 Å². The first-order chi connectivity index (χ1) is 8.95. The fourth-order valence-corrected chi connectivity index (χ4v) is 1.38. The minimum atomic E-state index is -1.01. The molecule has 1 aromatic rings. The molecule has 0 bridgehead atoms. The molecule has 0 fully saturated rings. The predicted molar refractivity (Wildman–Crippen MR) is 65.2 cm³/mol. The Morgan fingerprint density at radius 1 is 1.47 bits per heavy atom. The smallest absolute Gasteiger partial charge is 0.338 e. The van der Waals surface area contributed by atoms with Crippen LogP contribution in [0.15, 0.2) is 18.2 Å². The summed E-state index contributed by atoms with van der Waals surface area (Å²) in [6.07, 6.45) is -0.171. The second-order valence-corrected chi connectivity index (χ2v) is 3.55. The normalized spacial score (nSPS) is 9.74. The summed E-state index contributed by atoms with van der Waals surface area (Å²) in [7, 11) is 1.17. The third kappa shape index (κ3) is 3.95. The second kappa shape index (κ2) is 6.34. The van der Waals surface area contributed by atoms with Crippen LogP contribution in [-0.4, -0.2) is 35.6 Å². The fraction of sp³-hybridized carbons (Fsp3) is 0.273. The van der Waals surface area contributed by atoms with E-state index in [1.54, 1.807) is 0 Å². The number of hydrogen-bond donors (Lipinski definition) is 2. The number of nitro groups is 1. The highest BCUT2D eigenvalue weighted by molar-refractivity contribution is 5.91. The largest absolute Gasteiger partial charge is 0.481 e. The summed E-state index contributed by atoms with van der Waals surface area (Å²) in [4.78, 5) is 31.8. The molecule has 19 heavy (non-hydrogen) atoms. The summed E-state index contributed by atoms with van der Waals surface area (Å²) in [5.74, 6) is -1.69. The maximum absolute atomic E-state index is 11.3. The summed E-state index contributed by atoms with van der Waals surface area (Å²) < 4.78 is 4.46. The molecule has 0 atom stereocenters. The lowest BCUT2D eigenvalue weighted by Gasteiger charge is -2.07. The Labute approximate surface area is 108 Å². The number of nitrogens with zero attached hydrogens (tertiary/aromatic N) is 1. The van der Waals surface area contributed by atoms with E-state index >= 15 is 0 Å². The maximum Gasteiger partial charge on any atom is 0.338 e. The zero-order valence-corrected chi connectivity index (χ0v) is 10.1. The van der Waals surface area contributed by atoms with Gasteiger partial charge in [-0.1, -0.05) is 0 Å². The Morgan fingerprint density at radius 2 is 2.16 bits per heavy atom. The van der Waals surface area contributed by atoms with Gasteiger partial charge in [0, 0.05) is 12.6 Å². The van der Waals surface area contributed by atoms with E-state index in [2.05, 4.69) is 10.1 Å². The van der Waals surface area contributed by atoms with Crippen LogP contribution in [0.4, 0.5) is 11.4 Å². The van der Waals surface area contributed by atoms with Gasteiger partial charge in [-0.15, -0.1) is 0 Å². The van der Waals surface area contributed by atoms with E-state index in [0.29, 0.717) is 0 Å². The van der Waals surface area contributed by atoms with Crippen LogP contribution in [0.5, 0.6) is 0 Å². The van der Waals surface area contributed by atoms with Crippen molar-refractivity contribution in [1.29, 1.82) is 0 Å². The Morgan fingerprint density at radius 3 is 2.68 bits per heavy atom. The van der Waals surface area contributed by atoms with Crippen LogP contribution in [0, 0.1) is 10.1 Å². The standard InChI is InChI=1S/C11H12N2O6/c1-19-11(16)7-2-3-8(9(6-7)13(17)18)12-5-4-10(14)15/h2-3,6,12H,4-5H2,1H3,(H,14,15). The van der Waals surface area contributed by atoms with Crippen molar-refractivity contribution in [2.45, 2.75) is 6.42 Å². The van der Waals surface area contributed by atoms with E-state index in [1.807, 2.05) is 0 Å². The fourth-order valence-electron chi connectivity index (χ4n) is 1.38. The van der Waals surface area contributed by atoms with Gasteiger partial charge in [-0.25, -0.2) is 4.79 Å². The number of carbonyl (C=O) groups is 2. The number of nitrogens with one attached hydrogen (secondary N) is 1. The number of nitro benzene ring substituents is 1. The average Bonchev–Trinajstić information content (AvgIpc) is 2.37. The highest BCUT2D eigenvalue weighted by Crippen LogP contribution is 2.25. The first-order valence-corrected chi connectivity index (χ1v) is 5.28. The Hall–Kier alpha value is -2.64. The molecule has 0 aliphatic rings. The van der Waals surface area contributed by atoms with Crippen molar-refractivity contribution in [3.05, 3.63) is 33.9 Å². The molecule has 0 unspecified atom stereocenters. The van der Waals surface area contributed by atoms with E-state index in [-0.39, 0.29) is 29.9 Å². The van der Waals surface area contributed by atoms with Crippen LogP contribution in [0.3, 0.4) is 0 Å². The highest BCUT2D eigenvalue weighted by Gasteiger charge is 2.17. The maximum atomic E-state index is 11.3. The van der Waals surface area contributed by atoms with Gasteiger partial charge >= 0.3 is 11.9 Å². The first kappa shape index (κ1) is 14.4. The molecule has 0 radical (unpaired) electrons. The number of carbonyl (C=O) groups excluding carboxylic acids is 1. The summed E-state index contributed by atoms with van der Waals surface area (Å²) in [5.41, 5.74) is -0.106. The summed E-state index contributed by atoms with van der Waals surface area (Å²) in [5, 5.41) is 22.0. The molecule has 0 aliphatic carbocycles. The quantitative estimate of drug-likeness (QED) is 0.453. The van der Waals surface area contributed by atoms with Crippen LogP contribution in [0.25, 0.3) is 0 Å². The lowest BCUT2D eigenvalue weighted by molar-refractivity contribution is -0.384. The molecule has 0 amide bonds. The number of carboxylic acid groups (broad SMARTS) is 1. The van der Waals surface area contributed by atoms with Crippen LogP contribution in [0.2, 0.25) is 0 Å². The summed E-state index contributed by atoms with van der Waals surface area (Å²) in [6.45, 7) is 0.0493. The van der Waals surface area contributed by atoms with Gasteiger partial charge in [0.1, 0.15) is 5.69 Å². The van der Waals surface area contributed by atoms with E-state index in [9.17, 15) is 19.7 Å². The molecule has 0 saturated heterocycles. The van der Waals surface area contributed by atoms with Crippen LogP contribution >= 0.6 is 0 Å². The van der Waals surface area contributed by atoms with Crippen molar-refractivity contribution in [3.8, 4) is 0 Å². The summed E-state index contributed by atoms with van der Waals surface area (Å²) >= 11 is 0. The van der Waals surface area contributed by atoms with Crippen LogP contribution < -0.4 is 5.32 Å². The molecule has 102 valence electrons. The Kier molecular flexibility index (Phi) is 4.81. The number of anilines is 1. The molecule has 1 aromatic carbocycles. The SMILES string of the molecule is COC(=O)c1ccc(NCCC(=O)O)c([N+](=O)[O-])c1. The molecule has 0 aromatic heterocycles. The van der Waals surface area contributed by atoms with Gasteiger partial charge < -0.3 is 15.2 Å². The number of benzene rings is 1. The molecule has 8 heteroatoms. The minimum Gasteiger partial charge on any atom is -0.481 e. The number of rotatable bonds is 6. The van der Waals surface area contributed by atoms with Gasteiger partial charge in [-0.2, -0.15) is 0 Å². The van der Waals surface area contributed by atoms with E-state index in [4.69, 9.17) is 5.11 Å². The Balaban J connectivity index is 2.95. The molecular formula is C11H12N2O6. The zero-order valence-electron chi connectivity index (χ0n) is 10.1. The van der Waals surface area contributed by atoms with Crippen molar-refractivity contribution in [1.82, 2.24) is 0 Å². The molecular weight excluding hydrogens is 256 g/mol. The van der Waals surface area contributed by atoms with Gasteiger partial charge in [0.2, 0.25) is 0 Å². The number of carboxylic acids is 1. The van der Waals surface area contributed by atoms with Crippen molar-refractivity contribution in [3.63, 3.8) is 0 Å². The lowest BCUT2D eigenvalue weighted by atomic mass is 10.1. The van der Waals surface area contributed by atoms with Gasteiger partial charge in [-0.05, 0) is 12.1 Å². The zero-order chi connectivity index (χ0) is 14.4. The molecule has 2 N–H and O–H groups in total. The number of aliphatic carboxylic acids is 1. The van der Waals surface area contributed by atoms with Crippen LogP contribution in [-0.2, 0) is 9.53 Å². The molecule has 0 saturated carbocycles. The number of methoxy groups -OCH3 is 1. The number of hydrogen-bond acceptors (Lipinski definition) is 6. The van der Waals surface area contributed by atoms with Crippen molar-refractivity contribution in [2.75, 3.05) is 19.0 Å². The van der Waals surface area contributed by atoms with E-state index in [0.717, 1.165) is 6.07 Å². The lowest BCUT2D eigenvalue weighted by Crippen LogP contribution is -2.10. The van der Waals surface area contributed by atoms with Crippen molar-refractivity contribution < 1.29 is 24.4 Å². The first-order valence-electron chi connectivity index (χ1n) is 5.28. The predicted octanol–water partition coefficient (Wildman–Crippen LogP) is 1.27. The van der Waals surface area contributed by atoms with Gasteiger partial charge in [0.15, 0.2) is 0 Å². The summed E-state index contributed by atoms with van der Waals surface area (Å²) in [6, 6.07) is 3.78. The van der Waals surface area contributed by atoms with Gasteiger partial charge in [0.05, 0.1) is 24.0 Å². The third-order valence-corrected chi connectivity index (χ3v) is 2.27. The molecule has 1 rings (SSSR count). The van der Waals surface area contributed by atoms with Gasteiger partial charge in [-0.3, -0.25) is 14.9 Å². The number of esters is 1. The molecule has 8 nitrogen and oxygen atoms in total. The van der Waals surface area contributed by atoms with E-state index < -0.39 is 16.9 Å². The highest BCUT2D eigenvalue weighted by atomic mass is 16.6. The monoisotopic (exact) mass is 268 g/mol. The van der Waals surface area contributed by atoms with Crippen LogP contribution in [0.1, 0.15) is 16.8 Å². The molecule has 0 aliphatic heterocycles. The molecule has 0 spiro atoms. The molecule has 0 heterocycles. The van der Waals surface area contributed by atoms with Gasteiger partial charge in [0.25, 0.3) is 5.69 Å². The third-order valence-electron chi connectivity index (χ3n) is 2.27. The average molecular weight is 268 g/mol. The second-order valence-electron chi connectivity index (χ2n) is 3.55. The number of ether oxygens (including phenoxy) is 1.